The summed E-state index contributed by atoms with van der Waals surface area (Å²) < 4.78 is 1.56. The van der Waals surface area contributed by atoms with Crippen LogP contribution in [0.15, 0.2) is 46.2 Å². The molecule has 12 heteroatoms. The van der Waals surface area contributed by atoms with Crippen LogP contribution < -0.4 is 21.3 Å². The van der Waals surface area contributed by atoms with E-state index in [0.29, 0.717) is 38.8 Å². The number of urea groups is 1. The Morgan fingerprint density at radius 3 is 2.75 bits per heavy atom. The summed E-state index contributed by atoms with van der Waals surface area (Å²) in [5.41, 5.74) is 1.63. The molecule has 0 bridgehead atoms. The molecular formula is C20H18N8O3S. The number of hydrogen-bond donors (Lipinski definition) is 4. The van der Waals surface area contributed by atoms with Gasteiger partial charge in [0, 0.05) is 23.5 Å². The SMILES string of the molecule is CNC(=O)c1ccccc1Sc1nc(NC2CC2)n2ncc(/C=C3\NC(=O)NC3=O)c2n1. The van der Waals surface area contributed by atoms with E-state index in [9.17, 15) is 14.4 Å². The molecule has 3 aromatic rings. The Kier molecular flexibility index (Phi) is 4.98. The topological polar surface area (TPSA) is 142 Å². The number of benzene rings is 1. The predicted molar refractivity (Wildman–Crippen MR) is 116 cm³/mol. The van der Waals surface area contributed by atoms with Crippen molar-refractivity contribution in [1.82, 2.24) is 35.5 Å². The molecule has 1 aliphatic heterocycles. The van der Waals surface area contributed by atoms with Crippen molar-refractivity contribution >= 4 is 47.3 Å². The van der Waals surface area contributed by atoms with Crippen LogP contribution in [0.4, 0.5) is 10.7 Å². The first-order valence-electron chi connectivity index (χ1n) is 9.87. The van der Waals surface area contributed by atoms with E-state index in [1.165, 1.54) is 17.8 Å². The average Bonchev–Trinajstić information content (AvgIpc) is 3.42. The van der Waals surface area contributed by atoms with Crippen molar-refractivity contribution < 1.29 is 14.4 Å². The molecule has 5 rings (SSSR count). The van der Waals surface area contributed by atoms with Gasteiger partial charge in [0.05, 0.1) is 11.8 Å². The smallest absolute Gasteiger partial charge is 0.326 e. The first-order chi connectivity index (χ1) is 15.5. The molecule has 0 unspecified atom stereocenters. The Labute approximate surface area is 186 Å². The number of hydrogen-bond acceptors (Lipinski definition) is 8. The molecule has 4 amide bonds. The zero-order valence-corrected chi connectivity index (χ0v) is 17.7. The second-order valence-electron chi connectivity index (χ2n) is 7.23. The number of anilines is 1. The van der Waals surface area contributed by atoms with Crippen molar-refractivity contribution in [2.24, 2.45) is 0 Å². The van der Waals surface area contributed by atoms with E-state index >= 15 is 0 Å². The lowest BCUT2D eigenvalue weighted by Gasteiger charge is -2.10. The molecule has 3 heterocycles. The highest BCUT2D eigenvalue weighted by Gasteiger charge is 2.26. The Morgan fingerprint density at radius 1 is 1.22 bits per heavy atom. The standard InChI is InChI=1S/C20H18N8O3S/c1-21-16(29)12-4-2-3-5-14(12)32-20-25-15-10(8-13-17(30)26-19(31)24-13)9-22-28(15)18(27-20)23-11-6-7-11/h2-5,8-9,11H,6-7H2,1H3,(H,21,29)(H,23,25,27)(H2,24,26,30,31)/b13-8-. The van der Waals surface area contributed by atoms with Crippen molar-refractivity contribution in [3.63, 3.8) is 0 Å². The van der Waals surface area contributed by atoms with E-state index in [2.05, 4.69) is 36.3 Å². The van der Waals surface area contributed by atoms with Gasteiger partial charge in [-0.2, -0.15) is 14.6 Å². The van der Waals surface area contributed by atoms with Crippen molar-refractivity contribution in [1.29, 1.82) is 0 Å². The highest BCUT2D eigenvalue weighted by Crippen LogP contribution is 2.31. The third-order valence-electron chi connectivity index (χ3n) is 4.87. The number of nitrogens with zero attached hydrogens (tertiary/aromatic N) is 4. The molecule has 1 saturated heterocycles. The fraction of sp³-hybridized carbons (Fsp3) is 0.200. The van der Waals surface area contributed by atoms with Gasteiger partial charge in [-0.3, -0.25) is 14.9 Å². The van der Waals surface area contributed by atoms with E-state index in [0.717, 1.165) is 12.8 Å². The normalized spacial score (nSPS) is 16.8. The van der Waals surface area contributed by atoms with Crippen LogP contribution in [-0.2, 0) is 4.79 Å². The molecule has 1 saturated carbocycles. The Morgan fingerprint density at radius 2 is 2.03 bits per heavy atom. The molecule has 1 aliphatic carbocycles. The maximum Gasteiger partial charge on any atom is 0.326 e. The number of amides is 4. The molecule has 11 nitrogen and oxygen atoms in total. The van der Waals surface area contributed by atoms with Crippen molar-refractivity contribution in [3.05, 3.63) is 47.3 Å². The number of imide groups is 1. The molecule has 32 heavy (non-hydrogen) atoms. The quantitative estimate of drug-likeness (QED) is 0.326. The first-order valence-corrected chi connectivity index (χ1v) is 10.7. The van der Waals surface area contributed by atoms with Gasteiger partial charge in [-0.15, -0.1) is 0 Å². The number of nitrogens with one attached hydrogen (secondary N) is 4. The summed E-state index contributed by atoms with van der Waals surface area (Å²) in [6.45, 7) is 0. The fourth-order valence-corrected chi connectivity index (χ4v) is 4.02. The second-order valence-corrected chi connectivity index (χ2v) is 8.24. The zero-order chi connectivity index (χ0) is 22.2. The molecule has 2 aromatic heterocycles. The lowest BCUT2D eigenvalue weighted by atomic mass is 10.2. The lowest BCUT2D eigenvalue weighted by molar-refractivity contribution is -0.115. The number of fused-ring (bicyclic) bond motifs is 1. The minimum atomic E-state index is -0.578. The van der Waals surface area contributed by atoms with E-state index in [4.69, 9.17) is 0 Å². The van der Waals surface area contributed by atoms with Gasteiger partial charge >= 0.3 is 6.03 Å². The molecule has 1 aromatic carbocycles. The van der Waals surface area contributed by atoms with Gasteiger partial charge in [0.15, 0.2) is 10.8 Å². The summed E-state index contributed by atoms with van der Waals surface area (Å²) in [7, 11) is 1.58. The van der Waals surface area contributed by atoms with Crippen LogP contribution in [0, 0.1) is 0 Å². The largest absolute Gasteiger partial charge is 0.355 e. The zero-order valence-electron chi connectivity index (χ0n) is 16.9. The minimum absolute atomic E-state index is 0.111. The maximum atomic E-state index is 12.2. The van der Waals surface area contributed by atoms with Crippen LogP contribution in [-0.4, -0.2) is 50.5 Å². The summed E-state index contributed by atoms with van der Waals surface area (Å²) >= 11 is 1.26. The first kappa shape index (κ1) is 20.0. The molecular weight excluding hydrogens is 432 g/mol. The molecule has 2 fully saturated rings. The summed E-state index contributed by atoms with van der Waals surface area (Å²) in [6, 6.07) is 6.93. The fourth-order valence-electron chi connectivity index (χ4n) is 3.14. The maximum absolute atomic E-state index is 12.2. The third-order valence-corrected chi connectivity index (χ3v) is 5.81. The highest BCUT2D eigenvalue weighted by molar-refractivity contribution is 7.99. The van der Waals surface area contributed by atoms with Crippen LogP contribution >= 0.6 is 11.8 Å². The number of carbonyl (C=O) groups is 3. The van der Waals surface area contributed by atoms with Gasteiger partial charge in [-0.1, -0.05) is 12.1 Å². The van der Waals surface area contributed by atoms with Gasteiger partial charge in [-0.05, 0) is 42.8 Å². The predicted octanol–water partition coefficient (Wildman–Crippen LogP) is 1.39. The number of aromatic nitrogens is 4. The Hall–Kier alpha value is -3.93. The van der Waals surface area contributed by atoms with E-state index < -0.39 is 11.9 Å². The molecule has 162 valence electrons. The van der Waals surface area contributed by atoms with Crippen LogP contribution in [0.25, 0.3) is 11.7 Å². The van der Waals surface area contributed by atoms with Gasteiger partial charge in [-0.25, -0.2) is 9.78 Å². The van der Waals surface area contributed by atoms with Gasteiger partial charge < -0.3 is 16.0 Å². The van der Waals surface area contributed by atoms with E-state index in [-0.39, 0.29) is 11.6 Å². The molecule has 2 aliphatic rings. The average molecular weight is 450 g/mol. The highest BCUT2D eigenvalue weighted by atomic mass is 32.2. The van der Waals surface area contributed by atoms with Crippen molar-refractivity contribution in [2.45, 2.75) is 28.9 Å². The van der Waals surface area contributed by atoms with Crippen LogP contribution in [0.2, 0.25) is 0 Å². The van der Waals surface area contributed by atoms with Crippen molar-refractivity contribution in [3.8, 4) is 0 Å². The van der Waals surface area contributed by atoms with Gasteiger partial charge in [0.2, 0.25) is 5.95 Å². The summed E-state index contributed by atoms with van der Waals surface area (Å²) in [5, 5.41) is 15.4. The van der Waals surface area contributed by atoms with Crippen molar-refractivity contribution in [2.75, 3.05) is 12.4 Å². The van der Waals surface area contributed by atoms with Gasteiger partial charge in [0.25, 0.3) is 11.8 Å². The Bertz CT molecular complexity index is 1300. The monoisotopic (exact) mass is 450 g/mol. The second kappa shape index (κ2) is 7.96. The lowest BCUT2D eigenvalue weighted by Crippen LogP contribution is -2.22. The summed E-state index contributed by atoms with van der Waals surface area (Å²) in [4.78, 5) is 45.6. The molecule has 4 N–H and O–H groups in total. The minimum Gasteiger partial charge on any atom is -0.355 e. The van der Waals surface area contributed by atoms with Crippen LogP contribution in [0.1, 0.15) is 28.8 Å². The Balaban J connectivity index is 1.58. The molecule has 0 spiro atoms. The third kappa shape index (κ3) is 3.87. The summed E-state index contributed by atoms with van der Waals surface area (Å²) in [6.07, 6.45) is 5.15. The van der Waals surface area contributed by atoms with Gasteiger partial charge in [0.1, 0.15) is 5.70 Å². The number of carbonyl (C=O) groups excluding carboxylic acids is 3. The van der Waals surface area contributed by atoms with E-state index in [1.54, 1.807) is 29.9 Å². The number of rotatable bonds is 6. The van der Waals surface area contributed by atoms with Crippen LogP contribution in [0.5, 0.6) is 0 Å². The summed E-state index contributed by atoms with van der Waals surface area (Å²) in [5.74, 6) is -0.209. The molecule has 0 radical (unpaired) electrons. The van der Waals surface area contributed by atoms with E-state index in [1.807, 2.05) is 12.1 Å². The van der Waals surface area contributed by atoms with Crippen LogP contribution in [0.3, 0.4) is 0 Å². The molecule has 0 atom stereocenters.